The number of nitrogens with one attached hydrogen (secondary N) is 1. The number of aryl methyl sites for hydroxylation is 2. The van der Waals surface area contributed by atoms with Gasteiger partial charge in [0.05, 0.1) is 19.8 Å². The van der Waals surface area contributed by atoms with Crippen molar-refractivity contribution >= 4 is 57.3 Å². The number of hydrogen-bond donors (Lipinski definition) is 1. The first-order valence-corrected chi connectivity index (χ1v) is 11.6. The first-order valence-electron chi connectivity index (χ1n) is 9.46. The van der Waals surface area contributed by atoms with Crippen molar-refractivity contribution in [1.29, 1.82) is 0 Å². The highest BCUT2D eigenvalue weighted by Gasteiger charge is 2.09. The van der Waals surface area contributed by atoms with Gasteiger partial charge in [-0.25, -0.2) is 5.43 Å². The van der Waals surface area contributed by atoms with Crippen LogP contribution in [0.25, 0.3) is 0 Å². The van der Waals surface area contributed by atoms with Gasteiger partial charge in [-0.05, 0) is 99.0 Å². The van der Waals surface area contributed by atoms with E-state index < -0.39 is 0 Å². The van der Waals surface area contributed by atoms with Crippen LogP contribution in [0.3, 0.4) is 0 Å². The normalized spacial score (nSPS) is 10.9. The van der Waals surface area contributed by atoms with E-state index in [1.54, 1.807) is 6.21 Å². The van der Waals surface area contributed by atoms with Crippen LogP contribution in [0.5, 0.6) is 5.75 Å². The molecule has 154 valence electrons. The predicted molar refractivity (Wildman–Crippen MR) is 138 cm³/mol. The maximum Gasteiger partial charge on any atom is 0.244 e. The van der Waals surface area contributed by atoms with Gasteiger partial charge < -0.3 is 4.74 Å². The van der Waals surface area contributed by atoms with Gasteiger partial charge in [0.1, 0.15) is 12.4 Å². The SMILES string of the molecule is Cc1ccc(CC(=O)NN=Cc2cc(I)c(OCc3ccccc3)c(I)c2)cc1C. The number of rotatable bonds is 7. The Balaban J connectivity index is 1.58. The molecule has 6 heteroatoms. The predicted octanol–water partition coefficient (Wildman–Crippen LogP) is 5.78. The zero-order chi connectivity index (χ0) is 21.5. The summed E-state index contributed by atoms with van der Waals surface area (Å²) in [6.07, 6.45) is 1.96. The lowest BCUT2D eigenvalue weighted by molar-refractivity contribution is -0.120. The van der Waals surface area contributed by atoms with E-state index in [0.717, 1.165) is 29.6 Å². The Hall–Kier alpha value is -1.94. The van der Waals surface area contributed by atoms with Gasteiger partial charge in [0, 0.05) is 0 Å². The molecule has 0 bridgehead atoms. The van der Waals surface area contributed by atoms with Crippen LogP contribution < -0.4 is 10.2 Å². The van der Waals surface area contributed by atoms with E-state index in [-0.39, 0.29) is 5.91 Å². The van der Waals surface area contributed by atoms with Crippen LogP contribution in [0.1, 0.15) is 27.8 Å². The molecule has 0 fully saturated rings. The molecule has 0 atom stereocenters. The Kier molecular flexibility index (Phi) is 8.26. The van der Waals surface area contributed by atoms with Gasteiger partial charge in [0.2, 0.25) is 5.91 Å². The minimum atomic E-state index is -0.137. The number of carbonyl (C=O) groups excluding carboxylic acids is 1. The second-order valence-corrected chi connectivity index (χ2v) is 9.30. The molecule has 0 unspecified atom stereocenters. The molecule has 0 radical (unpaired) electrons. The third kappa shape index (κ3) is 6.53. The topological polar surface area (TPSA) is 50.7 Å². The zero-order valence-electron chi connectivity index (χ0n) is 16.8. The second-order valence-electron chi connectivity index (χ2n) is 6.98. The highest BCUT2D eigenvalue weighted by atomic mass is 127. The van der Waals surface area contributed by atoms with Crippen LogP contribution in [-0.4, -0.2) is 12.1 Å². The molecule has 0 aliphatic rings. The van der Waals surface area contributed by atoms with Crippen LogP contribution >= 0.6 is 45.2 Å². The van der Waals surface area contributed by atoms with Crippen molar-refractivity contribution in [2.75, 3.05) is 0 Å². The van der Waals surface area contributed by atoms with Gasteiger partial charge in [-0.2, -0.15) is 5.10 Å². The Morgan fingerprint density at radius 2 is 1.67 bits per heavy atom. The van der Waals surface area contributed by atoms with Gasteiger partial charge in [-0.15, -0.1) is 0 Å². The Bertz CT molecular complexity index is 1040. The fourth-order valence-corrected chi connectivity index (χ4v) is 4.97. The summed E-state index contributed by atoms with van der Waals surface area (Å²) in [6.45, 7) is 4.63. The number of nitrogens with zero attached hydrogens (tertiary/aromatic N) is 1. The van der Waals surface area contributed by atoms with Crippen LogP contribution in [-0.2, 0) is 17.8 Å². The summed E-state index contributed by atoms with van der Waals surface area (Å²) in [5.74, 6) is 0.720. The van der Waals surface area contributed by atoms with E-state index in [2.05, 4.69) is 62.6 Å². The van der Waals surface area contributed by atoms with Crippen molar-refractivity contribution in [2.45, 2.75) is 26.9 Å². The maximum atomic E-state index is 12.2. The Morgan fingerprint density at radius 3 is 2.33 bits per heavy atom. The van der Waals surface area contributed by atoms with Gasteiger partial charge in [-0.1, -0.05) is 48.5 Å². The quantitative estimate of drug-likeness (QED) is 0.206. The summed E-state index contributed by atoms with van der Waals surface area (Å²) in [5, 5.41) is 4.11. The van der Waals surface area contributed by atoms with Gasteiger partial charge in [-0.3, -0.25) is 4.79 Å². The average molecular weight is 624 g/mol. The maximum absolute atomic E-state index is 12.2. The van der Waals surface area contributed by atoms with E-state index >= 15 is 0 Å². The minimum Gasteiger partial charge on any atom is -0.487 e. The van der Waals surface area contributed by atoms with E-state index in [0.29, 0.717) is 13.0 Å². The summed E-state index contributed by atoms with van der Waals surface area (Å²) >= 11 is 4.52. The molecule has 1 amide bonds. The van der Waals surface area contributed by atoms with E-state index in [9.17, 15) is 4.79 Å². The van der Waals surface area contributed by atoms with Gasteiger partial charge in [0.25, 0.3) is 0 Å². The molecule has 0 saturated carbocycles. The highest BCUT2D eigenvalue weighted by Crippen LogP contribution is 2.29. The standard InChI is InChI=1S/C24H22I2N2O2/c1-16-8-9-19(10-17(16)2)13-23(29)28-27-14-20-11-21(25)24(22(26)12-20)30-15-18-6-4-3-5-7-18/h3-12,14H,13,15H2,1-2H3,(H,28,29). The molecule has 0 spiro atoms. The summed E-state index contributed by atoms with van der Waals surface area (Å²) in [6, 6.07) is 20.1. The van der Waals surface area contributed by atoms with Gasteiger partial charge >= 0.3 is 0 Å². The van der Waals surface area contributed by atoms with Crippen molar-refractivity contribution in [2.24, 2.45) is 5.10 Å². The third-order valence-electron chi connectivity index (χ3n) is 4.59. The van der Waals surface area contributed by atoms with Crippen LogP contribution in [0.15, 0.2) is 65.8 Å². The molecule has 0 heterocycles. The van der Waals surface area contributed by atoms with E-state index in [1.165, 1.54) is 11.1 Å². The third-order valence-corrected chi connectivity index (χ3v) is 6.19. The fourth-order valence-electron chi connectivity index (χ4n) is 2.84. The Morgan fingerprint density at radius 1 is 0.967 bits per heavy atom. The van der Waals surface area contributed by atoms with Crippen LogP contribution in [0, 0.1) is 21.0 Å². The number of hydrazone groups is 1. The van der Waals surface area contributed by atoms with Crippen molar-refractivity contribution in [1.82, 2.24) is 5.43 Å². The highest BCUT2D eigenvalue weighted by molar-refractivity contribution is 14.1. The lowest BCUT2D eigenvalue weighted by Gasteiger charge is -2.11. The van der Waals surface area contributed by atoms with E-state index in [1.807, 2.05) is 67.6 Å². The minimum absolute atomic E-state index is 0.137. The molecular weight excluding hydrogens is 602 g/mol. The second kappa shape index (κ2) is 10.9. The largest absolute Gasteiger partial charge is 0.487 e. The fraction of sp³-hybridized carbons (Fsp3) is 0.167. The van der Waals surface area contributed by atoms with E-state index in [4.69, 9.17) is 4.74 Å². The number of benzene rings is 3. The zero-order valence-corrected chi connectivity index (χ0v) is 21.1. The van der Waals surface area contributed by atoms with Crippen molar-refractivity contribution in [3.63, 3.8) is 0 Å². The molecule has 0 aliphatic heterocycles. The smallest absolute Gasteiger partial charge is 0.244 e. The summed E-state index contributed by atoms with van der Waals surface area (Å²) in [7, 11) is 0. The molecule has 4 nitrogen and oxygen atoms in total. The average Bonchev–Trinajstić information content (AvgIpc) is 2.71. The van der Waals surface area contributed by atoms with Crippen molar-refractivity contribution in [3.05, 3.63) is 95.6 Å². The summed E-state index contributed by atoms with van der Waals surface area (Å²) in [4.78, 5) is 12.2. The Labute approximate surface area is 204 Å². The number of hydrogen-bond acceptors (Lipinski definition) is 3. The van der Waals surface area contributed by atoms with Crippen LogP contribution in [0.2, 0.25) is 0 Å². The lowest BCUT2D eigenvalue weighted by atomic mass is 10.0. The number of amides is 1. The molecule has 3 aromatic rings. The van der Waals surface area contributed by atoms with Gasteiger partial charge in [0.15, 0.2) is 0 Å². The molecule has 30 heavy (non-hydrogen) atoms. The first-order chi connectivity index (χ1) is 14.4. The summed E-state index contributed by atoms with van der Waals surface area (Å²) in [5.41, 5.74) is 8.02. The molecule has 0 aromatic heterocycles. The molecule has 3 aromatic carbocycles. The number of ether oxygens (including phenoxy) is 1. The van der Waals surface area contributed by atoms with Crippen LogP contribution in [0.4, 0.5) is 0 Å². The first kappa shape index (κ1) is 22.7. The molecule has 0 aliphatic carbocycles. The molecular formula is C24H22I2N2O2. The van der Waals surface area contributed by atoms with Crippen molar-refractivity contribution < 1.29 is 9.53 Å². The van der Waals surface area contributed by atoms with Crippen molar-refractivity contribution in [3.8, 4) is 5.75 Å². The monoisotopic (exact) mass is 624 g/mol. The summed E-state index contributed by atoms with van der Waals surface area (Å²) < 4.78 is 8.00. The lowest BCUT2D eigenvalue weighted by Crippen LogP contribution is -2.19. The molecule has 1 N–H and O–H groups in total. The number of halogens is 2. The number of carbonyl (C=O) groups is 1. The molecule has 0 saturated heterocycles. The molecule has 3 rings (SSSR count).